The van der Waals surface area contributed by atoms with E-state index < -0.39 is 7.60 Å². The topological polar surface area (TPSA) is 35.5 Å². The minimum absolute atomic E-state index is 0.306. The Morgan fingerprint density at radius 2 is 1.20 bits per heavy atom. The summed E-state index contributed by atoms with van der Waals surface area (Å²) in [6.07, 6.45) is 0.368. The van der Waals surface area contributed by atoms with Crippen molar-refractivity contribution in [3.05, 3.63) is 71.8 Å². The third-order valence-corrected chi connectivity index (χ3v) is 4.75. The van der Waals surface area contributed by atoms with Crippen molar-refractivity contribution in [2.24, 2.45) is 0 Å². The SMILES string of the molecule is CCP(=O)(OCc1ccccc1)OCc1ccccc1. The van der Waals surface area contributed by atoms with E-state index in [0.717, 1.165) is 11.1 Å². The van der Waals surface area contributed by atoms with Gasteiger partial charge in [0.2, 0.25) is 0 Å². The summed E-state index contributed by atoms with van der Waals surface area (Å²) in [5.74, 6) is 0. The van der Waals surface area contributed by atoms with Crippen molar-refractivity contribution >= 4 is 7.60 Å². The van der Waals surface area contributed by atoms with Crippen molar-refractivity contribution in [2.45, 2.75) is 20.1 Å². The lowest BCUT2D eigenvalue weighted by atomic mass is 10.2. The summed E-state index contributed by atoms with van der Waals surface area (Å²) >= 11 is 0. The molecule has 0 saturated heterocycles. The Bertz CT molecular complexity index is 507. The second-order valence-electron chi connectivity index (χ2n) is 4.45. The monoisotopic (exact) mass is 290 g/mol. The number of hydrogen-bond donors (Lipinski definition) is 0. The Morgan fingerprint density at radius 3 is 1.55 bits per heavy atom. The van der Waals surface area contributed by atoms with E-state index in [1.165, 1.54) is 0 Å². The zero-order valence-electron chi connectivity index (χ0n) is 11.6. The fourth-order valence-electron chi connectivity index (χ4n) is 1.71. The first-order valence-electron chi connectivity index (χ1n) is 6.68. The van der Waals surface area contributed by atoms with E-state index in [1.807, 2.05) is 67.6 Å². The lowest BCUT2D eigenvalue weighted by Crippen LogP contribution is -1.99. The molecule has 3 nitrogen and oxygen atoms in total. The second-order valence-corrected chi connectivity index (χ2v) is 6.82. The largest absolute Gasteiger partial charge is 0.331 e. The smallest absolute Gasteiger partial charge is 0.304 e. The Labute approximate surface area is 120 Å². The fraction of sp³-hybridized carbons (Fsp3) is 0.250. The molecule has 0 radical (unpaired) electrons. The second kappa shape index (κ2) is 7.39. The number of benzene rings is 2. The first-order chi connectivity index (χ1) is 9.72. The first kappa shape index (κ1) is 15.0. The summed E-state index contributed by atoms with van der Waals surface area (Å²) in [5, 5.41) is 0. The van der Waals surface area contributed by atoms with Crippen LogP contribution < -0.4 is 0 Å². The Kier molecular flexibility index (Phi) is 5.54. The van der Waals surface area contributed by atoms with Gasteiger partial charge in [-0.3, -0.25) is 4.57 Å². The molecule has 0 bridgehead atoms. The van der Waals surface area contributed by atoms with Crippen LogP contribution in [0.3, 0.4) is 0 Å². The van der Waals surface area contributed by atoms with Gasteiger partial charge >= 0.3 is 7.60 Å². The van der Waals surface area contributed by atoms with E-state index in [1.54, 1.807) is 0 Å². The van der Waals surface area contributed by atoms with Crippen molar-refractivity contribution in [3.63, 3.8) is 0 Å². The molecule has 0 atom stereocenters. The van der Waals surface area contributed by atoms with Crippen LogP contribution in [0.5, 0.6) is 0 Å². The lowest BCUT2D eigenvalue weighted by molar-refractivity contribution is 0.192. The highest BCUT2D eigenvalue weighted by atomic mass is 31.2. The van der Waals surface area contributed by atoms with Gasteiger partial charge in [0.1, 0.15) is 0 Å². The molecule has 0 aromatic heterocycles. The molecule has 0 heterocycles. The van der Waals surface area contributed by atoms with Crippen LogP contribution in [-0.2, 0) is 26.8 Å². The first-order valence-corrected chi connectivity index (χ1v) is 8.40. The van der Waals surface area contributed by atoms with Crippen molar-refractivity contribution in [2.75, 3.05) is 6.16 Å². The quantitative estimate of drug-likeness (QED) is 0.697. The standard InChI is InChI=1S/C16H19O3P/c1-2-20(17,18-13-15-9-5-3-6-10-15)19-14-16-11-7-4-8-12-16/h3-12H,2,13-14H2,1H3. The van der Waals surface area contributed by atoms with Gasteiger partial charge < -0.3 is 9.05 Å². The summed E-state index contributed by atoms with van der Waals surface area (Å²) in [4.78, 5) is 0. The van der Waals surface area contributed by atoms with E-state index in [0.29, 0.717) is 19.4 Å². The third-order valence-electron chi connectivity index (χ3n) is 2.93. The van der Waals surface area contributed by atoms with Gasteiger partial charge in [-0.1, -0.05) is 67.6 Å². The predicted molar refractivity (Wildman–Crippen MR) is 80.6 cm³/mol. The minimum Gasteiger partial charge on any atom is -0.304 e. The van der Waals surface area contributed by atoms with E-state index in [2.05, 4.69) is 0 Å². The summed E-state index contributed by atoms with van der Waals surface area (Å²) in [6, 6.07) is 19.4. The van der Waals surface area contributed by atoms with Gasteiger partial charge in [-0.15, -0.1) is 0 Å². The van der Waals surface area contributed by atoms with Crippen LogP contribution in [0.1, 0.15) is 18.1 Å². The van der Waals surface area contributed by atoms with Gasteiger partial charge in [-0.25, -0.2) is 0 Å². The normalized spacial score (nSPS) is 11.4. The van der Waals surface area contributed by atoms with E-state index in [9.17, 15) is 4.57 Å². The molecular weight excluding hydrogens is 271 g/mol. The van der Waals surface area contributed by atoms with Crippen molar-refractivity contribution in [3.8, 4) is 0 Å². The molecule has 2 rings (SSSR count). The van der Waals surface area contributed by atoms with E-state index in [-0.39, 0.29) is 0 Å². The highest BCUT2D eigenvalue weighted by Gasteiger charge is 2.22. The average Bonchev–Trinajstić information content (AvgIpc) is 2.53. The molecule has 0 amide bonds. The molecule has 20 heavy (non-hydrogen) atoms. The van der Waals surface area contributed by atoms with Crippen LogP contribution in [0.2, 0.25) is 0 Å². The van der Waals surface area contributed by atoms with Gasteiger partial charge in [-0.2, -0.15) is 0 Å². The summed E-state index contributed by atoms with van der Waals surface area (Å²) < 4.78 is 23.5. The Balaban J connectivity index is 1.90. The van der Waals surface area contributed by atoms with Crippen molar-refractivity contribution < 1.29 is 13.6 Å². The molecule has 0 fully saturated rings. The van der Waals surface area contributed by atoms with Crippen LogP contribution in [0.4, 0.5) is 0 Å². The number of rotatable bonds is 7. The molecule has 0 saturated carbocycles. The maximum Gasteiger partial charge on any atom is 0.331 e. The third kappa shape index (κ3) is 4.61. The molecule has 2 aromatic carbocycles. The molecule has 0 aliphatic carbocycles. The summed E-state index contributed by atoms with van der Waals surface area (Å²) in [7, 11) is -3.03. The van der Waals surface area contributed by atoms with Gasteiger partial charge in [0, 0.05) is 6.16 Å². The molecule has 0 spiro atoms. The number of hydrogen-bond acceptors (Lipinski definition) is 3. The van der Waals surface area contributed by atoms with Crippen LogP contribution in [0.15, 0.2) is 60.7 Å². The minimum atomic E-state index is -3.03. The van der Waals surface area contributed by atoms with Crippen LogP contribution in [0.25, 0.3) is 0 Å². The predicted octanol–water partition coefficient (Wildman–Crippen LogP) is 4.63. The van der Waals surface area contributed by atoms with Crippen LogP contribution >= 0.6 is 7.60 Å². The molecule has 2 aromatic rings. The maximum atomic E-state index is 12.5. The molecule has 0 aliphatic rings. The van der Waals surface area contributed by atoms with Crippen LogP contribution in [-0.4, -0.2) is 6.16 Å². The van der Waals surface area contributed by atoms with E-state index >= 15 is 0 Å². The van der Waals surface area contributed by atoms with Gasteiger partial charge in [0.25, 0.3) is 0 Å². The van der Waals surface area contributed by atoms with Crippen LogP contribution in [0, 0.1) is 0 Å². The molecule has 0 aliphatic heterocycles. The van der Waals surface area contributed by atoms with E-state index in [4.69, 9.17) is 9.05 Å². The zero-order valence-corrected chi connectivity index (χ0v) is 12.5. The maximum absolute atomic E-state index is 12.5. The van der Waals surface area contributed by atoms with Gasteiger partial charge in [-0.05, 0) is 11.1 Å². The summed E-state index contributed by atoms with van der Waals surface area (Å²) in [5.41, 5.74) is 1.98. The van der Waals surface area contributed by atoms with Gasteiger partial charge in [0.15, 0.2) is 0 Å². The average molecular weight is 290 g/mol. The summed E-state index contributed by atoms with van der Waals surface area (Å²) in [6.45, 7) is 2.43. The molecular formula is C16H19O3P. The highest BCUT2D eigenvalue weighted by molar-refractivity contribution is 7.53. The zero-order chi connectivity index (χ0) is 14.3. The van der Waals surface area contributed by atoms with Crippen molar-refractivity contribution in [1.29, 1.82) is 0 Å². The Morgan fingerprint density at radius 1 is 0.800 bits per heavy atom. The molecule has 106 valence electrons. The van der Waals surface area contributed by atoms with Gasteiger partial charge in [0.05, 0.1) is 13.2 Å². The van der Waals surface area contributed by atoms with Crippen molar-refractivity contribution in [1.82, 2.24) is 0 Å². The molecule has 0 unspecified atom stereocenters. The Hall–Kier alpha value is -1.41. The molecule has 4 heteroatoms. The highest BCUT2D eigenvalue weighted by Crippen LogP contribution is 2.49. The fourth-order valence-corrected chi connectivity index (χ4v) is 2.85. The molecule has 0 N–H and O–H groups in total. The lowest BCUT2D eigenvalue weighted by Gasteiger charge is -2.17.